The average molecular weight is 320 g/mol. The summed E-state index contributed by atoms with van der Waals surface area (Å²) < 4.78 is 1.14. The van der Waals surface area contributed by atoms with Gasteiger partial charge in [-0.3, -0.25) is 9.97 Å². The zero-order valence-corrected chi connectivity index (χ0v) is 12.6. The Bertz CT molecular complexity index is 502. The van der Waals surface area contributed by atoms with Gasteiger partial charge < -0.3 is 5.32 Å². The van der Waals surface area contributed by atoms with Gasteiger partial charge in [-0.15, -0.1) is 0 Å². The number of nitrogens with one attached hydrogen (secondary N) is 1. The average Bonchev–Trinajstić information content (AvgIpc) is 2.44. The molecule has 2 rings (SSSR count). The number of hydrogen-bond donors (Lipinski definition) is 1. The molecule has 1 heterocycles. The maximum atomic E-state index is 4.30. The smallest absolute Gasteiger partial charge is 0.0753 e. The second-order valence-corrected chi connectivity index (χ2v) is 5.46. The Morgan fingerprint density at radius 2 is 2.21 bits per heavy atom. The van der Waals surface area contributed by atoms with Gasteiger partial charge in [0, 0.05) is 29.1 Å². The van der Waals surface area contributed by atoms with Gasteiger partial charge in [-0.2, -0.15) is 0 Å². The van der Waals surface area contributed by atoms with E-state index < -0.39 is 0 Å². The molecule has 4 heteroatoms. The molecule has 0 saturated heterocycles. The third-order valence-corrected chi connectivity index (χ3v) is 3.50. The number of aromatic nitrogens is 2. The largest absolute Gasteiger partial charge is 0.309 e. The molecule has 0 radical (unpaired) electrons. The van der Waals surface area contributed by atoms with E-state index in [9.17, 15) is 0 Å². The van der Waals surface area contributed by atoms with Crippen molar-refractivity contribution in [2.24, 2.45) is 0 Å². The van der Waals surface area contributed by atoms with Crippen LogP contribution in [0.15, 0.2) is 47.3 Å². The number of nitrogens with zero attached hydrogens (tertiary/aromatic N) is 2. The third kappa shape index (κ3) is 4.73. The predicted octanol–water partition coefficient (Wildman–Crippen LogP) is 3.52. The molecule has 0 unspecified atom stereocenters. The molecule has 0 spiro atoms. The summed E-state index contributed by atoms with van der Waals surface area (Å²) >= 11 is 3.49. The minimum atomic E-state index is 0.246. The first-order valence-electron chi connectivity index (χ1n) is 6.49. The third-order valence-electron chi connectivity index (χ3n) is 3.01. The molecule has 0 fully saturated rings. The Balaban J connectivity index is 1.72. The van der Waals surface area contributed by atoms with E-state index in [0.29, 0.717) is 0 Å². The number of aryl methyl sites for hydroxylation is 1. The van der Waals surface area contributed by atoms with Gasteiger partial charge >= 0.3 is 0 Å². The monoisotopic (exact) mass is 319 g/mol. The highest BCUT2D eigenvalue weighted by atomic mass is 79.9. The minimum absolute atomic E-state index is 0.246. The van der Waals surface area contributed by atoms with Crippen LogP contribution in [-0.2, 0) is 6.42 Å². The van der Waals surface area contributed by atoms with Crippen LogP contribution in [0.2, 0.25) is 0 Å². The van der Waals surface area contributed by atoms with E-state index in [1.807, 2.05) is 6.20 Å². The van der Waals surface area contributed by atoms with Crippen molar-refractivity contribution in [1.29, 1.82) is 0 Å². The van der Waals surface area contributed by atoms with E-state index >= 15 is 0 Å². The first-order valence-corrected chi connectivity index (χ1v) is 7.29. The van der Waals surface area contributed by atoms with E-state index in [1.54, 1.807) is 12.4 Å². The quantitative estimate of drug-likeness (QED) is 0.828. The predicted molar refractivity (Wildman–Crippen MR) is 80.9 cm³/mol. The molecule has 0 aliphatic heterocycles. The molecule has 19 heavy (non-hydrogen) atoms. The van der Waals surface area contributed by atoms with Gasteiger partial charge in [0.15, 0.2) is 0 Å². The molecular weight excluding hydrogens is 302 g/mol. The zero-order valence-electron chi connectivity index (χ0n) is 11.0. The Kier molecular flexibility index (Phi) is 5.48. The number of hydrogen-bond acceptors (Lipinski definition) is 3. The van der Waals surface area contributed by atoms with Gasteiger partial charge in [-0.25, -0.2) is 0 Å². The molecule has 1 aromatic carbocycles. The van der Waals surface area contributed by atoms with Crippen molar-refractivity contribution in [3.63, 3.8) is 0 Å². The molecule has 1 aromatic heterocycles. The van der Waals surface area contributed by atoms with Gasteiger partial charge in [-0.05, 0) is 44.0 Å². The van der Waals surface area contributed by atoms with Crippen molar-refractivity contribution in [2.75, 3.05) is 6.54 Å². The van der Waals surface area contributed by atoms with Crippen LogP contribution >= 0.6 is 15.9 Å². The van der Waals surface area contributed by atoms with Crippen molar-refractivity contribution in [3.05, 3.63) is 58.6 Å². The molecule has 0 aliphatic carbocycles. The molecule has 2 aromatic rings. The van der Waals surface area contributed by atoms with Crippen LogP contribution < -0.4 is 5.32 Å². The second-order valence-electron chi connectivity index (χ2n) is 4.54. The lowest BCUT2D eigenvalue weighted by atomic mass is 10.1. The van der Waals surface area contributed by atoms with E-state index in [4.69, 9.17) is 0 Å². The first kappa shape index (κ1) is 14.2. The van der Waals surface area contributed by atoms with Crippen molar-refractivity contribution >= 4 is 15.9 Å². The summed E-state index contributed by atoms with van der Waals surface area (Å²) in [4.78, 5) is 8.38. The van der Waals surface area contributed by atoms with Crippen LogP contribution in [0.3, 0.4) is 0 Å². The molecule has 1 atom stereocenters. The summed E-state index contributed by atoms with van der Waals surface area (Å²) in [5, 5.41) is 3.47. The van der Waals surface area contributed by atoms with Gasteiger partial charge in [0.05, 0.1) is 5.69 Å². The van der Waals surface area contributed by atoms with Gasteiger partial charge in [0.1, 0.15) is 0 Å². The normalized spacial score (nSPS) is 12.3. The van der Waals surface area contributed by atoms with Crippen molar-refractivity contribution < 1.29 is 0 Å². The lowest BCUT2D eigenvalue weighted by Gasteiger charge is -2.12. The van der Waals surface area contributed by atoms with Crippen LogP contribution in [0.4, 0.5) is 0 Å². The van der Waals surface area contributed by atoms with Crippen LogP contribution in [0.1, 0.15) is 30.6 Å². The van der Waals surface area contributed by atoms with Gasteiger partial charge in [0.25, 0.3) is 0 Å². The summed E-state index contributed by atoms with van der Waals surface area (Å²) in [6.45, 7) is 3.09. The molecule has 3 nitrogen and oxygen atoms in total. The minimum Gasteiger partial charge on any atom is -0.309 e. The molecule has 0 aliphatic rings. The lowest BCUT2D eigenvalue weighted by Crippen LogP contribution is -2.21. The Morgan fingerprint density at radius 3 is 2.95 bits per heavy atom. The van der Waals surface area contributed by atoms with Crippen LogP contribution in [-0.4, -0.2) is 16.5 Å². The molecule has 100 valence electrons. The van der Waals surface area contributed by atoms with Gasteiger partial charge in [-0.1, -0.05) is 28.1 Å². The topological polar surface area (TPSA) is 37.8 Å². The molecule has 0 saturated carbocycles. The summed E-state index contributed by atoms with van der Waals surface area (Å²) in [6, 6.07) is 8.71. The Labute approximate surface area is 122 Å². The molecule has 0 bridgehead atoms. The highest BCUT2D eigenvalue weighted by molar-refractivity contribution is 9.10. The fraction of sp³-hybridized carbons (Fsp3) is 0.333. The van der Waals surface area contributed by atoms with Crippen molar-refractivity contribution in [2.45, 2.75) is 25.8 Å². The van der Waals surface area contributed by atoms with Gasteiger partial charge in [0.2, 0.25) is 0 Å². The Morgan fingerprint density at radius 1 is 1.32 bits per heavy atom. The zero-order chi connectivity index (χ0) is 13.5. The summed E-state index contributed by atoms with van der Waals surface area (Å²) in [7, 11) is 0. The van der Waals surface area contributed by atoms with E-state index in [0.717, 1.165) is 29.6 Å². The van der Waals surface area contributed by atoms with Crippen molar-refractivity contribution in [3.8, 4) is 0 Å². The molecule has 0 amide bonds. The summed E-state index contributed by atoms with van der Waals surface area (Å²) in [5.41, 5.74) is 2.35. The van der Waals surface area contributed by atoms with Crippen LogP contribution in [0.25, 0.3) is 0 Å². The van der Waals surface area contributed by atoms with E-state index in [1.165, 1.54) is 5.56 Å². The molecular formula is C15H18BrN3. The summed E-state index contributed by atoms with van der Waals surface area (Å²) in [6.07, 6.45) is 7.44. The maximum Gasteiger partial charge on any atom is 0.0753 e. The number of rotatable bonds is 6. The first-order chi connectivity index (χ1) is 9.25. The lowest BCUT2D eigenvalue weighted by molar-refractivity contribution is 0.545. The number of benzene rings is 1. The number of halogens is 1. The van der Waals surface area contributed by atoms with Crippen LogP contribution in [0.5, 0.6) is 0 Å². The SMILES string of the molecule is C[C@H](NCCCc1cccc(Br)c1)c1cnccn1. The molecule has 1 N–H and O–H groups in total. The fourth-order valence-electron chi connectivity index (χ4n) is 1.94. The highest BCUT2D eigenvalue weighted by Crippen LogP contribution is 2.13. The van der Waals surface area contributed by atoms with Crippen molar-refractivity contribution in [1.82, 2.24) is 15.3 Å². The fourth-order valence-corrected chi connectivity index (χ4v) is 2.39. The standard InChI is InChI=1S/C15H18BrN3/c1-12(15-11-17-8-9-19-15)18-7-3-5-13-4-2-6-14(16)10-13/h2,4,6,8-12,18H,3,5,7H2,1H3/t12-/m0/s1. The highest BCUT2D eigenvalue weighted by Gasteiger charge is 2.05. The van der Waals surface area contributed by atoms with Crippen LogP contribution in [0, 0.1) is 0 Å². The van der Waals surface area contributed by atoms with E-state index in [-0.39, 0.29) is 6.04 Å². The summed E-state index contributed by atoms with van der Waals surface area (Å²) in [5.74, 6) is 0. The van der Waals surface area contributed by atoms with E-state index in [2.05, 4.69) is 62.4 Å². The Hall–Kier alpha value is -1.26. The second kappa shape index (κ2) is 7.36. The maximum absolute atomic E-state index is 4.30.